The first-order valence-corrected chi connectivity index (χ1v) is 16.1. The molecule has 4 aromatic rings. The Balaban J connectivity index is 1.38. The first kappa shape index (κ1) is 31.7. The number of hydrogen-bond donors (Lipinski definition) is 3. The van der Waals surface area contributed by atoms with Gasteiger partial charge in [-0.25, -0.2) is 19.8 Å². The molecule has 6 rings (SSSR count). The van der Waals surface area contributed by atoms with Crippen LogP contribution in [-0.2, 0) is 29.1 Å². The van der Waals surface area contributed by atoms with Crippen LogP contribution in [0.5, 0.6) is 5.75 Å². The van der Waals surface area contributed by atoms with Crippen LogP contribution in [0.15, 0.2) is 84.9 Å². The van der Waals surface area contributed by atoms with Crippen LogP contribution >= 0.6 is 11.3 Å². The molecule has 13 heteroatoms. The third-order valence-corrected chi connectivity index (χ3v) is 9.23. The second kappa shape index (κ2) is 13.6. The van der Waals surface area contributed by atoms with Crippen molar-refractivity contribution in [2.24, 2.45) is 0 Å². The molecule has 12 nitrogen and oxygen atoms in total. The number of hydrogen-bond acceptors (Lipinski definition) is 8. The molecular formula is C34H35N7O5S. The number of phenolic OH excluding ortho intramolecular Hbond substituents is 1. The Morgan fingerprint density at radius 1 is 1.09 bits per heavy atom. The number of carbonyl (C=O) groups is 4. The van der Waals surface area contributed by atoms with E-state index in [1.54, 1.807) is 27.6 Å². The molecule has 5 amide bonds. The summed E-state index contributed by atoms with van der Waals surface area (Å²) < 4.78 is 0.989. The van der Waals surface area contributed by atoms with E-state index in [9.17, 15) is 24.3 Å². The molecule has 0 spiro atoms. The molecule has 2 atom stereocenters. The summed E-state index contributed by atoms with van der Waals surface area (Å²) in [6, 6.07) is 18.5. The van der Waals surface area contributed by atoms with Crippen LogP contribution in [0.4, 0.5) is 4.79 Å². The van der Waals surface area contributed by atoms with Crippen molar-refractivity contribution in [1.82, 2.24) is 35.4 Å². The Hall–Kier alpha value is -5.27. The third kappa shape index (κ3) is 6.40. The van der Waals surface area contributed by atoms with E-state index in [1.165, 1.54) is 40.4 Å². The highest BCUT2D eigenvalue weighted by atomic mass is 32.1. The van der Waals surface area contributed by atoms with E-state index in [2.05, 4.69) is 22.2 Å². The molecule has 242 valence electrons. The predicted octanol–water partition coefficient (Wildman–Crippen LogP) is 3.10. The van der Waals surface area contributed by atoms with Crippen LogP contribution in [0.2, 0.25) is 0 Å². The third-order valence-electron chi connectivity index (χ3n) is 8.43. The molecule has 0 bridgehead atoms. The van der Waals surface area contributed by atoms with Crippen LogP contribution in [0.3, 0.4) is 0 Å². The summed E-state index contributed by atoms with van der Waals surface area (Å²) in [6.07, 6.45) is 0.854. The van der Waals surface area contributed by atoms with E-state index in [-0.39, 0.29) is 62.3 Å². The molecule has 2 aliphatic rings. The monoisotopic (exact) mass is 653 g/mol. The number of para-hydroxylation sites is 1. The Bertz CT molecular complexity index is 1830. The van der Waals surface area contributed by atoms with Crippen LogP contribution in [-0.4, -0.2) is 92.6 Å². The van der Waals surface area contributed by atoms with Gasteiger partial charge >= 0.3 is 6.03 Å². The van der Waals surface area contributed by atoms with Crippen molar-refractivity contribution < 1.29 is 24.3 Å². The largest absolute Gasteiger partial charge is 0.507 e. The lowest BCUT2D eigenvalue weighted by Gasteiger charge is -2.55. The number of urea groups is 1. The number of carbonyl (C=O) groups excluding carboxylic acids is 4. The Morgan fingerprint density at radius 2 is 1.89 bits per heavy atom. The molecule has 3 N–H and O–H groups in total. The highest BCUT2D eigenvalue weighted by molar-refractivity contribution is 7.16. The average molecular weight is 654 g/mol. The fourth-order valence-corrected chi connectivity index (χ4v) is 6.95. The van der Waals surface area contributed by atoms with Gasteiger partial charge in [-0.15, -0.1) is 17.9 Å². The van der Waals surface area contributed by atoms with Crippen molar-refractivity contribution >= 4 is 45.3 Å². The number of fused-ring (bicyclic) bond motifs is 2. The van der Waals surface area contributed by atoms with Gasteiger partial charge in [-0.1, -0.05) is 54.6 Å². The topological polar surface area (TPSA) is 138 Å². The fraction of sp³-hybridized carbons (Fsp3) is 0.265. The number of piperazine rings is 1. The summed E-state index contributed by atoms with van der Waals surface area (Å²) in [5, 5.41) is 19.0. The molecule has 3 heterocycles. The number of nitrogens with one attached hydrogen (secondary N) is 2. The predicted molar refractivity (Wildman–Crippen MR) is 177 cm³/mol. The zero-order valence-electron chi connectivity index (χ0n) is 25.8. The maximum absolute atomic E-state index is 14.4. The molecule has 0 aliphatic carbocycles. The second-order valence-electron chi connectivity index (χ2n) is 11.4. The fourth-order valence-electron chi connectivity index (χ4n) is 6.23. The summed E-state index contributed by atoms with van der Waals surface area (Å²) >= 11 is 1.51. The van der Waals surface area contributed by atoms with Crippen molar-refractivity contribution in [1.29, 1.82) is 0 Å². The number of thiazole rings is 1. The molecule has 2 aliphatic heterocycles. The van der Waals surface area contributed by atoms with Gasteiger partial charge < -0.3 is 25.5 Å². The van der Waals surface area contributed by atoms with E-state index in [0.29, 0.717) is 5.56 Å². The molecule has 2 fully saturated rings. The average Bonchev–Trinajstić information content (AvgIpc) is 3.57. The van der Waals surface area contributed by atoms with Crippen molar-refractivity contribution in [3.63, 3.8) is 0 Å². The van der Waals surface area contributed by atoms with Crippen LogP contribution in [0, 0.1) is 0 Å². The van der Waals surface area contributed by atoms with Crippen molar-refractivity contribution in [2.45, 2.75) is 31.7 Å². The number of nitrogens with zero attached hydrogens (tertiary/aromatic N) is 5. The SMILES string of the molecule is C=CCN1CC(=O)N2[C@@H](Cc3ccc(O)c(C(=O)NC)c3)C(=O)N(Cc3cccc4scnc34)C[C@@H]2N1C(=O)NCc1ccccc1. The Kier molecular flexibility index (Phi) is 9.18. The summed E-state index contributed by atoms with van der Waals surface area (Å²) in [6.45, 7) is 4.49. The first-order valence-electron chi connectivity index (χ1n) is 15.2. The number of hydrazine groups is 1. The van der Waals surface area contributed by atoms with Gasteiger partial charge in [0.25, 0.3) is 5.91 Å². The maximum atomic E-state index is 14.4. The van der Waals surface area contributed by atoms with Gasteiger partial charge in [0.05, 0.1) is 34.4 Å². The molecule has 47 heavy (non-hydrogen) atoms. The summed E-state index contributed by atoms with van der Waals surface area (Å²) in [7, 11) is 1.46. The second-order valence-corrected chi connectivity index (χ2v) is 12.3. The normalized spacial score (nSPS) is 18.3. The number of amides is 5. The zero-order valence-corrected chi connectivity index (χ0v) is 26.7. The highest BCUT2D eigenvalue weighted by Crippen LogP contribution is 2.31. The van der Waals surface area contributed by atoms with Gasteiger partial charge in [0.1, 0.15) is 18.0 Å². The zero-order chi connectivity index (χ0) is 33.1. The summed E-state index contributed by atoms with van der Waals surface area (Å²) in [4.78, 5) is 62.4. The van der Waals surface area contributed by atoms with Gasteiger partial charge in [0.2, 0.25) is 11.8 Å². The van der Waals surface area contributed by atoms with Crippen molar-refractivity contribution in [3.8, 4) is 5.75 Å². The molecule has 0 saturated carbocycles. The van der Waals surface area contributed by atoms with E-state index >= 15 is 0 Å². The molecule has 0 radical (unpaired) electrons. The van der Waals surface area contributed by atoms with Crippen LogP contribution in [0.25, 0.3) is 10.2 Å². The van der Waals surface area contributed by atoms with E-state index in [4.69, 9.17) is 0 Å². The molecule has 0 unspecified atom stereocenters. The molecular weight excluding hydrogens is 618 g/mol. The van der Waals surface area contributed by atoms with E-state index in [1.807, 2.05) is 48.5 Å². The lowest BCUT2D eigenvalue weighted by atomic mass is 9.96. The number of aromatic hydroxyl groups is 1. The van der Waals surface area contributed by atoms with E-state index in [0.717, 1.165) is 21.3 Å². The quantitative estimate of drug-likeness (QED) is 0.236. The van der Waals surface area contributed by atoms with Crippen LogP contribution in [0.1, 0.15) is 27.0 Å². The van der Waals surface area contributed by atoms with Gasteiger partial charge in [-0.05, 0) is 34.9 Å². The lowest BCUT2D eigenvalue weighted by molar-refractivity contribution is -0.189. The first-order chi connectivity index (χ1) is 22.8. The Morgan fingerprint density at radius 3 is 2.66 bits per heavy atom. The summed E-state index contributed by atoms with van der Waals surface area (Å²) in [5.41, 5.74) is 4.95. The number of rotatable bonds is 9. The van der Waals surface area contributed by atoms with Crippen LogP contribution < -0.4 is 10.6 Å². The minimum Gasteiger partial charge on any atom is -0.507 e. The molecule has 2 saturated heterocycles. The smallest absolute Gasteiger partial charge is 0.334 e. The van der Waals surface area contributed by atoms with Crippen molar-refractivity contribution in [3.05, 3.63) is 107 Å². The van der Waals surface area contributed by atoms with E-state index < -0.39 is 24.1 Å². The van der Waals surface area contributed by atoms with Gasteiger partial charge in [0.15, 0.2) is 0 Å². The van der Waals surface area contributed by atoms with Gasteiger partial charge in [-0.2, -0.15) is 0 Å². The maximum Gasteiger partial charge on any atom is 0.334 e. The van der Waals surface area contributed by atoms with Gasteiger partial charge in [0, 0.05) is 33.1 Å². The minimum atomic E-state index is -0.992. The van der Waals surface area contributed by atoms with Crippen molar-refractivity contribution in [2.75, 3.05) is 26.7 Å². The number of benzene rings is 3. The van der Waals surface area contributed by atoms with Gasteiger partial charge in [-0.3, -0.25) is 14.4 Å². The standard InChI is InChI=1S/C34H35N7O5S/c1-3-14-39-20-30(43)40-26(16-23-12-13-27(42)25(15-23)32(44)35-2)33(45)38(18-24-10-7-11-28-31(24)37-21-47-28)19-29(40)41(39)34(46)36-17-22-8-5-4-6-9-22/h3-13,15,21,26,29,42H,1,14,16-20H2,2H3,(H,35,44)(H,36,46)/t26-,29-/m0/s1. The Labute approximate surface area is 275 Å². The highest BCUT2D eigenvalue weighted by Gasteiger charge is 2.51. The lowest BCUT2D eigenvalue weighted by Crippen LogP contribution is -2.76. The minimum absolute atomic E-state index is 0.0564. The number of phenols is 1. The summed E-state index contributed by atoms with van der Waals surface area (Å²) in [5.74, 6) is -1.29. The number of aromatic nitrogens is 1. The molecule has 1 aromatic heterocycles. The molecule has 3 aromatic carbocycles.